The number of thiazole rings is 1. The van der Waals surface area contributed by atoms with Gasteiger partial charge in [0.2, 0.25) is 0 Å². The second-order valence-electron chi connectivity index (χ2n) is 4.66. The molecule has 0 bridgehead atoms. The van der Waals surface area contributed by atoms with Gasteiger partial charge in [-0.1, -0.05) is 18.2 Å². The van der Waals surface area contributed by atoms with E-state index in [1.165, 1.54) is 21.3 Å². The zero-order valence-electron chi connectivity index (χ0n) is 10.7. The summed E-state index contributed by atoms with van der Waals surface area (Å²) in [6.07, 6.45) is 6.29. The summed E-state index contributed by atoms with van der Waals surface area (Å²) in [5.41, 5.74) is 10.2. The number of aryl methyl sites for hydroxylation is 1. The number of para-hydroxylation sites is 1. The van der Waals surface area contributed by atoms with Crippen molar-refractivity contribution < 1.29 is 0 Å². The first-order valence-electron chi connectivity index (χ1n) is 6.52. The molecule has 0 fully saturated rings. The van der Waals surface area contributed by atoms with Crippen molar-refractivity contribution in [2.24, 2.45) is 5.73 Å². The molecular weight excluding hydrogens is 254 g/mol. The number of benzene rings is 1. The number of fused-ring (bicyclic) bond motifs is 1. The summed E-state index contributed by atoms with van der Waals surface area (Å²) in [7, 11) is 0. The van der Waals surface area contributed by atoms with Crippen molar-refractivity contribution in [2.75, 3.05) is 6.54 Å². The molecule has 0 aliphatic carbocycles. The maximum Gasteiger partial charge on any atom is 0.0794 e. The van der Waals surface area contributed by atoms with Crippen LogP contribution in [-0.2, 0) is 13.0 Å². The van der Waals surface area contributed by atoms with E-state index in [4.69, 9.17) is 5.73 Å². The van der Waals surface area contributed by atoms with E-state index >= 15 is 0 Å². The molecule has 0 aliphatic rings. The average Bonchev–Trinajstić information content (AvgIpc) is 3.06. The lowest BCUT2D eigenvalue weighted by Gasteiger charge is -2.01. The van der Waals surface area contributed by atoms with E-state index in [0.717, 1.165) is 25.9 Å². The van der Waals surface area contributed by atoms with E-state index in [9.17, 15) is 0 Å². The second-order valence-corrected chi connectivity index (χ2v) is 5.63. The van der Waals surface area contributed by atoms with Crippen LogP contribution in [0.15, 0.2) is 42.2 Å². The summed E-state index contributed by atoms with van der Waals surface area (Å²) in [4.78, 5) is 5.43. The Bertz CT molecular complexity index is 655. The molecule has 1 aromatic carbocycles. The zero-order valence-corrected chi connectivity index (χ0v) is 11.6. The second kappa shape index (κ2) is 5.55. The normalized spacial score (nSPS) is 11.2. The fourth-order valence-corrected chi connectivity index (χ4v) is 3.03. The molecule has 0 saturated carbocycles. The molecule has 19 heavy (non-hydrogen) atoms. The Morgan fingerprint density at radius 1 is 1.26 bits per heavy atom. The topological polar surface area (TPSA) is 43.8 Å². The standard InChI is InChI=1S/C15H17N3S/c16-7-3-4-12-9-18(10-13-8-17-11-19-13)15-6-2-1-5-14(12)15/h1-2,5-6,8-9,11H,3-4,7,10,16H2. The summed E-state index contributed by atoms with van der Waals surface area (Å²) >= 11 is 1.70. The van der Waals surface area contributed by atoms with Gasteiger partial charge in [-0.05, 0) is 31.0 Å². The lowest BCUT2D eigenvalue weighted by molar-refractivity contribution is 0.811. The summed E-state index contributed by atoms with van der Waals surface area (Å²) in [5.74, 6) is 0. The minimum absolute atomic E-state index is 0.744. The minimum atomic E-state index is 0.744. The van der Waals surface area contributed by atoms with Gasteiger partial charge in [0.05, 0.1) is 12.1 Å². The summed E-state index contributed by atoms with van der Waals surface area (Å²) in [6, 6.07) is 8.58. The number of aromatic nitrogens is 2. The van der Waals surface area contributed by atoms with E-state index < -0.39 is 0 Å². The van der Waals surface area contributed by atoms with E-state index in [2.05, 4.69) is 40.0 Å². The predicted molar refractivity (Wildman–Crippen MR) is 80.5 cm³/mol. The molecule has 98 valence electrons. The van der Waals surface area contributed by atoms with Gasteiger partial charge in [0, 0.05) is 28.2 Å². The molecule has 0 amide bonds. The summed E-state index contributed by atoms with van der Waals surface area (Å²) < 4.78 is 2.31. The highest BCUT2D eigenvalue weighted by Crippen LogP contribution is 2.24. The Morgan fingerprint density at radius 3 is 2.95 bits per heavy atom. The van der Waals surface area contributed by atoms with E-state index in [1.807, 2.05) is 11.7 Å². The van der Waals surface area contributed by atoms with Gasteiger partial charge in [-0.15, -0.1) is 11.3 Å². The lowest BCUT2D eigenvalue weighted by atomic mass is 10.1. The van der Waals surface area contributed by atoms with Crippen LogP contribution in [0.5, 0.6) is 0 Å². The average molecular weight is 271 g/mol. The Hall–Kier alpha value is -1.65. The van der Waals surface area contributed by atoms with Crippen molar-refractivity contribution in [2.45, 2.75) is 19.4 Å². The number of nitrogens with two attached hydrogens (primary N) is 1. The van der Waals surface area contributed by atoms with Crippen LogP contribution in [-0.4, -0.2) is 16.1 Å². The third kappa shape index (κ3) is 2.55. The molecule has 3 aromatic rings. The van der Waals surface area contributed by atoms with Crippen molar-refractivity contribution in [3.8, 4) is 0 Å². The quantitative estimate of drug-likeness (QED) is 0.775. The highest BCUT2D eigenvalue weighted by atomic mass is 32.1. The van der Waals surface area contributed by atoms with Gasteiger partial charge in [-0.25, -0.2) is 0 Å². The van der Waals surface area contributed by atoms with E-state index in [-0.39, 0.29) is 0 Å². The Labute approximate surface area is 116 Å². The van der Waals surface area contributed by atoms with Crippen molar-refractivity contribution in [3.05, 3.63) is 52.6 Å². The number of hydrogen-bond donors (Lipinski definition) is 1. The Kier molecular flexibility index (Phi) is 3.62. The molecule has 3 nitrogen and oxygen atoms in total. The zero-order chi connectivity index (χ0) is 13.1. The van der Waals surface area contributed by atoms with Gasteiger partial charge in [0.15, 0.2) is 0 Å². The van der Waals surface area contributed by atoms with E-state index in [0.29, 0.717) is 0 Å². The molecule has 0 aliphatic heterocycles. The molecular formula is C15H17N3S. The maximum atomic E-state index is 5.62. The van der Waals surface area contributed by atoms with Crippen molar-refractivity contribution in [1.29, 1.82) is 0 Å². The highest BCUT2D eigenvalue weighted by molar-refractivity contribution is 7.09. The molecule has 0 unspecified atom stereocenters. The first-order chi connectivity index (χ1) is 9.38. The molecule has 0 spiro atoms. The number of nitrogens with zero attached hydrogens (tertiary/aromatic N) is 2. The van der Waals surface area contributed by atoms with Gasteiger partial charge >= 0.3 is 0 Å². The fraction of sp³-hybridized carbons (Fsp3) is 0.267. The minimum Gasteiger partial charge on any atom is -0.342 e. The predicted octanol–water partition coefficient (Wildman–Crippen LogP) is 3.04. The maximum absolute atomic E-state index is 5.62. The van der Waals surface area contributed by atoms with Crippen LogP contribution in [0.4, 0.5) is 0 Å². The SMILES string of the molecule is NCCCc1cn(Cc2cncs2)c2ccccc12. The van der Waals surface area contributed by atoms with Crippen LogP contribution in [0.1, 0.15) is 16.9 Å². The third-order valence-corrected chi connectivity index (χ3v) is 4.10. The molecule has 0 saturated heterocycles. The van der Waals surface area contributed by atoms with Crippen molar-refractivity contribution >= 4 is 22.2 Å². The van der Waals surface area contributed by atoms with Gasteiger partial charge < -0.3 is 10.3 Å². The molecule has 2 heterocycles. The van der Waals surface area contributed by atoms with Crippen LogP contribution in [0, 0.1) is 0 Å². The van der Waals surface area contributed by atoms with Crippen LogP contribution in [0.3, 0.4) is 0 Å². The third-order valence-electron chi connectivity index (χ3n) is 3.33. The fourth-order valence-electron chi connectivity index (χ4n) is 2.43. The Morgan fingerprint density at radius 2 is 2.16 bits per heavy atom. The van der Waals surface area contributed by atoms with Gasteiger partial charge in [0.25, 0.3) is 0 Å². The van der Waals surface area contributed by atoms with Gasteiger partial charge in [0.1, 0.15) is 0 Å². The van der Waals surface area contributed by atoms with Crippen molar-refractivity contribution in [1.82, 2.24) is 9.55 Å². The lowest BCUT2D eigenvalue weighted by Crippen LogP contribution is -2.00. The monoisotopic (exact) mass is 271 g/mol. The first-order valence-corrected chi connectivity index (χ1v) is 7.40. The molecule has 4 heteroatoms. The molecule has 2 aromatic heterocycles. The van der Waals surface area contributed by atoms with Crippen LogP contribution in [0.2, 0.25) is 0 Å². The number of rotatable bonds is 5. The molecule has 2 N–H and O–H groups in total. The van der Waals surface area contributed by atoms with Gasteiger partial charge in [-0.2, -0.15) is 0 Å². The number of hydrogen-bond acceptors (Lipinski definition) is 3. The molecule has 3 rings (SSSR count). The van der Waals surface area contributed by atoms with Crippen LogP contribution in [0.25, 0.3) is 10.9 Å². The Balaban J connectivity index is 1.99. The largest absolute Gasteiger partial charge is 0.342 e. The van der Waals surface area contributed by atoms with Crippen LogP contribution < -0.4 is 5.73 Å². The van der Waals surface area contributed by atoms with E-state index in [1.54, 1.807) is 11.3 Å². The molecule has 0 atom stereocenters. The summed E-state index contributed by atoms with van der Waals surface area (Å²) in [5, 5.41) is 1.35. The molecule has 0 radical (unpaired) electrons. The van der Waals surface area contributed by atoms with Crippen molar-refractivity contribution in [3.63, 3.8) is 0 Å². The summed E-state index contributed by atoms with van der Waals surface area (Å²) in [6.45, 7) is 1.64. The van der Waals surface area contributed by atoms with Gasteiger partial charge in [-0.3, -0.25) is 4.98 Å². The van der Waals surface area contributed by atoms with Crippen LogP contribution >= 0.6 is 11.3 Å². The smallest absolute Gasteiger partial charge is 0.0794 e. The first kappa shape index (κ1) is 12.4. The highest BCUT2D eigenvalue weighted by Gasteiger charge is 2.08.